The lowest BCUT2D eigenvalue weighted by atomic mass is 10.1. The molecule has 118 valence electrons. The summed E-state index contributed by atoms with van der Waals surface area (Å²) < 4.78 is 4.64. The number of anilines is 2. The van der Waals surface area contributed by atoms with Gasteiger partial charge in [-0.2, -0.15) is 0 Å². The minimum Gasteiger partial charge on any atom is -0.465 e. The molecule has 2 N–H and O–H groups in total. The van der Waals surface area contributed by atoms with E-state index in [1.54, 1.807) is 42.5 Å². The highest BCUT2D eigenvalue weighted by atomic mass is 16.5. The van der Waals surface area contributed by atoms with Crippen molar-refractivity contribution in [3.8, 4) is 0 Å². The Labute approximate surface area is 133 Å². The second kappa shape index (κ2) is 7.22. The molecular weight excluding hydrogens is 296 g/mol. The Bertz CT molecular complexity index is 756. The first-order chi connectivity index (χ1) is 11.0. The van der Waals surface area contributed by atoms with E-state index in [1.807, 2.05) is 0 Å². The highest BCUT2D eigenvalue weighted by Crippen LogP contribution is 2.15. The fourth-order valence-electron chi connectivity index (χ4n) is 1.99. The van der Waals surface area contributed by atoms with E-state index >= 15 is 0 Å². The van der Waals surface area contributed by atoms with Crippen molar-refractivity contribution in [3.63, 3.8) is 0 Å². The average Bonchev–Trinajstić information content (AvgIpc) is 2.54. The number of carbonyl (C=O) groups excluding carboxylic acids is 3. The fourth-order valence-corrected chi connectivity index (χ4v) is 1.99. The Morgan fingerprint density at radius 2 is 1.43 bits per heavy atom. The summed E-state index contributed by atoms with van der Waals surface area (Å²) in [6, 6.07) is 13.0. The Balaban J connectivity index is 2.16. The number of nitrogens with one attached hydrogen (secondary N) is 2. The minimum absolute atomic E-state index is 0.215. The SMILES string of the molecule is COC(=O)c1cccc(NC(=O)c2cccc(NC(C)=O)c2)c1. The monoisotopic (exact) mass is 312 g/mol. The minimum atomic E-state index is -0.478. The quantitative estimate of drug-likeness (QED) is 0.850. The molecule has 2 aromatic carbocycles. The molecule has 6 heteroatoms. The van der Waals surface area contributed by atoms with Gasteiger partial charge in [-0.25, -0.2) is 4.79 Å². The molecule has 0 aliphatic heterocycles. The Hall–Kier alpha value is -3.15. The van der Waals surface area contributed by atoms with Gasteiger partial charge < -0.3 is 15.4 Å². The van der Waals surface area contributed by atoms with Crippen LogP contribution in [0.4, 0.5) is 11.4 Å². The molecule has 0 bridgehead atoms. The van der Waals surface area contributed by atoms with Gasteiger partial charge in [0.25, 0.3) is 5.91 Å². The van der Waals surface area contributed by atoms with Crippen molar-refractivity contribution < 1.29 is 19.1 Å². The number of carbonyl (C=O) groups is 3. The van der Waals surface area contributed by atoms with Crippen LogP contribution in [0.25, 0.3) is 0 Å². The molecular formula is C17H16N2O4. The molecule has 0 saturated heterocycles. The standard InChI is InChI=1S/C17H16N2O4/c1-11(20)18-14-7-3-5-12(9-14)16(21)19-15-8-4-6-13(10-15)17(22)23-2/h3-10H,1-2H3,(H,18,20)(H,19,21). The van der Waals surface area contributed by atoms with Gasteiger partial charge >= 0.3 is 5.97 Å². The Morgan fingerprint density at radius 3 is 2.04 bits per heavy atom. The topological polar surface area (TPSA) is 84.5 Å². The first kappa shape index (κ1) is 16.2. The van der Waals surface area contributed by atoms with Crippen molar-refractivity contribution in [2.75, 3.05) is 17.7 Å². The number of rotatable bonds is 4. The van der Waals surface area contributed by atoms with Crippen LogP contribution in [-0.4, -0.2) is 24.9 Å². The Morgan fingerprint density at radius 1 is 0.870 bits per heavy atom. The average molecular weight is 312 g/mol. The summed E-state index contributed by atoms with van der Waals surface area (Å²) in [6.45, 7) is 1.39. The molecule has 0 aromatic heterocycles. The maximum atomic E-state index is 12.3. The maximum absolute atomic E-state index is 12.3. The molecule has 6 nitrogen and oxygen atoms in total. The number of amides is 2. The van der Waals surface area contributed by atoms with Gasteiger partial charge in [-0.05, 0) is 36.4 Å². The summed E-state index contributed by atoms with van der Waals surface area (Å²) in [6.07, 6.45) is 0. The van der Waals surface area contributed by atoms with E-state index in [4.69, 9.17) is 0 Å². The van der Waals surface area contributed by atoms with Crippen molar-refractivity contribution in [2.24, 2.45) is 0 Å². The molecule has 0 heterocycles. The van der Waals surface area contributed by atoms with Crippen LogP contribution in [0.1, 0.15) is 27.6 Å². The highest BCUT2D eigenvalue weighted by molar-refractivity contribution is 6.05. The largest absolute Gasteiger partial charge is 0.465 e. The van der Waals surface area contributed by atoms with Crippen LogP contribution >= 0.6 is 0 Å². The van der Waals surface area contributed by atoms with E-state index in [1.165, 1.54) is 20.1 Å². The van der Waals surface area contributed by atoms with Crippen molar-refractivity contribution in [1.82, 2.24) is 0 Å². The molecule has 0 aliphatic carbocycles. The third kappa shape index (κ3) is 4.41. The zero-order valence-corrected chi connectivity index (χ0v) is 12.8. The van der Waals surface area contributed by atoms with Gasteiger partial charge in [0.05, 0.1) is 12.7 Å². The number of methoxy groups -OCH3 is 1. The van der Waals surface area contributed by atoms with Crippen molar-refractivity contribution in [2.45, 2.75) is 6.92 Å². The van der Waals surface area contributed by atoms with Gasteiger partial charge in [0, 0.05) is 23.9 Å². The molecule has 0 fully saturated rings. The summed E-state index contributed by atoms with van der Waals surface area (Å²) in [5, 5.41) is 5.31. The number of esters is 1. The lowest BCUT2D eigenvalue weighted by Gasteiger charge is -2.08. The first-order valence-corrected chi connectivity index (χ1v) is 6.87. The molecule has 23 heavy (non-hydrogen) atoms. The molecule has 0 aliphatic rings. The van der Waals surface area contributed by atoms with E-state index < -0.39 is 5.97 Å². The Kier molecular flexibility index (Phi) is 5.09. The molecule has 2 aromatic rings. The summed E-state index contributed by atoms with van der Waals surface area (Å²) in [4.78, 5) is 34.8. The van der Waals surface area contributed by atoms with Crippen LogP contribution in [0.3, 0.4) is 0 Å². The summed E-state index contributed by atoms with van der Waals surface area (Å²) in [5.41, 5.74) is 1.74. The lowest BCUT2D eigenvalue weighted by molar-refractivity contribution is -0.114. The summed E-state index contributed by atoms with van der Waals surface area (Å²) >= 11 is 0. The summed E-state index contributed by atoms with van der Waals surface area (Å²) in [5.74, 6) is -1.04. The predicted molar refractivity (Wildman–Crippen MR) is 86.5 cm³/mol. The van der Waals surface area contributed by atoms with Gasteiger partial charge in [-0.15, -0.1) is 0 Å². The van der Waals surface area contributed by atoms with Gasteiger partial charge in [0.1, 0.15) is 0 Å². The smallest absolute Gasteiger partial charge is 0.337 e. The second-order valence-electron chi connectivity index (χ2n) is 4.79. The van der Waals surface area contributed by atoms with E-state index in [9.17, 15) is 14.4 Å². The van der Waals surface area contributed by atoms with Crippen LogP contribution in [-0.2, 0) is 9.53 Å². The van der Waals surface area contributed by atoms with Crippen molar-refractivity contribution in [1.29, 1.82) is 0 Å². The zero-order chi connectivity index (χ0) is 16.8. The second-order valence-corrected chi connectivity index (χ2v) is 4.79. The predicted octanol–water partition coefficient (Wildman–Crippen LogP) is 2.68. The molecule has 2 rings (SSSR count). The zero-order valence-electron chi connectivity index (χ0n) is 12.8. The van der Waals surface area contributed by atoms with Crippen molar-refractivity contribution >= 4 is 29.2 Å². The molecule has 0 saturated carbocycles. The third-order valence-electron chi connectivity index (χ3n) is 2.99. The lowest BCUT2D eigenvalue weighted by Crippen LogP contribution is -2.13. The maximum Gasteiger partial charge on any atom is 0.337 e. The molecule has 0 spiro atoms. The van der Waals surface area contributed by atoms with Crippen molar-refractivity contribution in [3.05, 3.63) is 59.7 Å². The number of benzene rings is 2. The molecule has 0 radical (unpaired) electrons. The number of hydrogen-bond donors (Lipinski definition) is 2. The van der Waals surface area contributed by atoms with Gasteiger partial charge in [0.2, 0.25) is 5.91 Å². The normalized spacial score (nSPS) is 9.83. The number of hydrogen-bond acceptors (Lipinski definition) is 4. The highest BCUT2D eigenvalue weighted by Gasteiger charge is 2.10. The fraction of sp³-hybridized carbons (Fsp3) is 0.118. The van der Waals surface area contributed by atoms with E-state index in [0.29, 0.717) is 22.5 Å². The van der Waals surface area contributed by atoms with E-state index in [-0.39, 0.29) is 11.8 Å². The van der Waals surface area contributed by atoms with E-state index in [2.05, 4.69) is 15.4 Å². The van der Waals surface area contributed by atoms with E-state index in [0.717, 1.165) is 0 Å². The van der Waals surface area contributed by atoms with Gasteiger partial charge in [-0.3, -0.25) is 9.59 Å². The molecule has 0 atom stereocenters. The van der Waals surface area contributed by atoms with Crippen LogP contribution in [0.15, 0.2) is 48.5 Å². The number of ether oxygens (including phenoxy) is 1. The summed E-state index contributed by atoms with van der Waals surface area (Å²) in [7, 11) is 1.29. The third-order valence-corrected chi connectivity index (χ3v) is 2.99. The molecule has 0 unspecified atom stereocenters. The van der Waals surface area contributed by atoms with Crippen LogP contribution in [0.2, 0.25) is 0 Å². The van der Waals surface area contributed by atoms with Gasteiger partial charge in [0.15, 0.2) is 0 Å². The van der Waals surface area contributed by atoms with Crippen LogP contribution in [0.5, 0.6) is 0 Å². The van der Waals surface area contributed by atoms with Crippen LogP contribution < -0.4 is 10.6 Å². The van der Waals surface area contributed by atoms with Crippen LogP contribution in [0, 0.1) is 0 Å². The first-order valence-electron chi connectivity index (χ1n) is 6.87. The van der Waals surface area contributed by atoms with Gasteiger partial charge in [-0.1, -0.05) is 12.1 Å². The molecule has 2 amide bonds.